The van der Waals surface area contributed by atoms with Crippen molar-refractivity contribution in [3.8, 4) is 27.9 Å². The largest absolute Gasteiger partial charge is 0.310 e. The Morgan fingerprint density at radius 2 is 1.02 bits per heavy atom. The molecule has 9 aromatic carbocycles. The van der Waals surface area contributed by atoms with E-state index in [1.165, 1.54) is 88.1 Å². The molecule has 0 atom stereocenters. The Hall–Kier alpha value is -6.90. The van der Waals surface area contributed by atoms with E-state index in [1.807, 2.05) is 0 Å². The highest BCUT2D eigenvalue weighted by molar-refractivity contribution is 6.18. The van der Waals surface area contributed by atoms with Crippen LogP contribution in [0.5, 0.6) is 0 Å². The molecule has 1 heterocycles. The first-order chi connectivity index (χ1) is 27.0. The highest BCUT2D eigenvalue weighted by Gasteiger charge is 2.36. The molecular formula is C53H38N2. The van der Waals surface area contributed by atoms with Crippen LogP contribution in [0.15, 0.2) is 194 Å². The van der Waals surface area contributed by atoms with Gasteiger partial charge in [0, 0.05) is 44.0 Å². The van der Waals surface area contributed by atoms with E-state index in [0.717, 1.165) is 11.4 Å². The van der Waals surface area contributed by atoms with E-state index in [-0.39, 0.29) is 5.41 Å². The molecule has 0 spiro atoms. The number of fused-ring (bicyclic) bond motifs is 9. The van der Waals surface area contributed by atoms with Crippen LogP contribution in [0.4, 0.5) is 17.1 Å². The topological polar surface area (TPSA) is 8.17 Å². The van der Waals surface area contributed by atoms with Crippen LogP contribution in [0.2, 0.25) is 0 Å². The summed E-state index contributed by atoms with van der Waals surface area (Å²) < 4.78 is 2.49. The van der Waals surface area contributed by atoms with Gasteiger partial charge in [-0.25, -0.2) is 0 Å². The van der Waals surface area contributed by atoms with Crippen molar-refractivity contribution in [2.24, 2.45) is 0 Å². The maximum absolute atomic E-state index is 2.49. The Kier molecular flexibility index (Phi) is 6.93. The zero-order chi connectivity index (χ0) is 36.7. The van der Waals surface area contributed by atoms with Crippen LogP contribution in [0.1, 0.15) is 25.0 Å². The van der Waals surface area contributed by atoms with Gasteiger partial charge >= 0.3 is 0 Å². The molecule has 10 aromatic rings. The molecule has 0 radical (unpaired) electrons. The third-order valence-electron chi connectivity index (χ3n) is 12.0. The van der Waals surface area contributed by atoms with Crippen LogP contribution in [-0.4, -0.2) is 4.57 Å². The standard InChI is InChI=1S/C53H38N2/c1-53(2)48-33-40(54(50-22-12-17-37-15-6-8-18-42(37)50)39-26-23-36(24-27-39)35-13-4-3-5-14-35)28-31-44(48)45-32-29-41(34-49(45)53)55-51-21-11-10-20-46(51)47-30-25-38-16-7-9-19-43(38)52(47)55/h3-34H,1-2H3. The van der Waals surface area contributed by atoms with E-state index in [1.54, 1.807) is 0 Å². The van der Waals surface area contributed by atoms with Gasteiger partial charge in [-0.2, -0.15) is 0 Å². The number of nitrogens with zero attached hydrogens (tertiary/aromatic N) is 2. The first-order valence-electron chi connectivity index (χ1n) is 19.2. The molecule has 2 nitrogen and oxygen atoms in total. The molecule has 2 heteroatoms. The average Bonchev–Trinajstić information content (AvgIpc) is 3.70. The second-order valence-corrected chi connectivity index (χ2v) is 15.4. The van der Waals surface area contributed by atoms with E-state index < -0.39 is 0 Å². The number of benzene rings is 9. The van der Waals surface area contributed by atoms with Crippen LogP contribution in [0.3, 0.4) is 0 Å². The maximum atomic E-state index is 2.49. The first-order valence-corrected chi connectivity index (χ1v) is 19.2. The Morgan fingerprint density at radius 3 is 1.82 bits per heavy atom. The zero-order valence-electron chi connectivity index (χ0n) is 30.9. The number of hydrogen-bond donors (Lipinski definition) is 0. The molecule has 0 saturated heterocycles. The number of aromatic nitrogens is 1. The summed E-state index contributed by atoms with van der Waals surface area (Å²) in [7, 11) is 0. The summed E-state index contributed by atoms with van der Waals surface area (Å²) in [4.78, 5) is 2.44. The molecule has 1 aliphatic rings. The van der Waals surface area contributed by atoms with Crippen molar-refractivity contribution in [2.45, 2.75) is 19.3 Å². The van der Waals surface area contributed by atoms with Gasteiger partial charge in [-0.05, 0) is 92.7 Å². The fourth-order valence-electron chi connectivity index (χ4n) is 9.25. The summed E-state index contributed by atoms with van der Waals surface area (Å²) in [5, 5.41) is 7.54. The van der Waals surface area contributed by atoms with E-state index in [4.69, 9.17) is 0 Å². The summed E-state index contributed by atoms with van der Waals surface area (Å²) in [5.74, 6) is 0. The Bertz CT molecular complexity index is 3110. The molecule has 11 rings (SSSR count). The molecule has 0 amide bonds. The van der Waals surface area contributed by atoms with Crippen molar-refractivity contribution in [3.63, 3.8) is 0 Å². The lowest BCUT2D eigenvalue weighted by Gasteiger charge is -2.29. The maximum Gasteiger partial charge on any atom is 0.0619 e. The fourth-order valence-corrected chi connectivity index (χ4v) is 9.25. The normalized spacial score (nSPS) is 13.1. The van der Waals surface area contributed by atoms with Gasteiger partial charge in [0.25, 0.3) is 0 Å². The van der Waals surface area contributed by atoms with Crippen molar-refractivity contribution in [1.82, 2.24) is 4.57 Å². The summed E-state index contributed by atoms with van der Waals surface area (Å²) in [6.07, 6.45) is 0. The Morgan fingerprint density at radius 1 is 0.418 bits per heavy atom. The smallest absolute Gasteiger partial charge is 0.0619 e. The van der Waals surface area contributed by atoms with Gasteiger partial charge in [-0.3, -0.25) is 0 Å². The molecule has 0 N–H and O–H groups in total. The average molecular weight is 703 g/mol. The van der Waals surface area contributed by atoms with Crippen LogP contribution in [0, 0.1) is 0 Å². The summed E-state index contributed by atoms with van der Waals surface area (Å²) >= 11 is 0. The molecule has 0 fully saturated rings. The number of para-hydroxylation sites is 1. The molecule has 1 aliphatic carbocycles. The number of hydrogen-bond acceptors (Lipinski definition) is 1. The molecular weight excluding hydrogens is 665 g/mol. The minimum atomic E-state index is -0.223. The minimum Gasteiger partial charge on any atom is -0.310 e. The highest BCUT2D eigenvalue weighted by Crippen LogP contribution is 2.52. The van der Waals surface area contributed by atoms with Gasteiger partial charge in [0.15, 0.2) is 0 Å². The molecule has 55 heavy (non-hydrogen) atoms. The van der Waals surface area contributed by atoms with E-state index in [2.05, 4.69) is 217 Å². The van der Waals surface area contributed by atoms with Crippen LogP contribution < -0.4 is 4.90 Å². The minimum absolute atomic E-state index is 0.223. The SMILES string of the molecule is CC1(C)c2cc(N(c3ccc(-c4ccccc4)cc3)c3cccc4ccccc34)ccc2-c2ccc(-n3c4ccccc4c4ccc5ccccc5c43)cc21. The Balaban J connectivity index is 1.07. The van der Waals surface area contributed by atoms with Crippen LogP contribution in [-0.2, 0) is 5.41 Å². The van der Waals surface area contributed by atoms with Gasteiger partial charge in [0.1, 0.15) is 0 Å². The second-order valence-electron chi connectivity index (χ2n) is 15.4. The predicted molar refractivity (Wildman–Crippen MR) is 233 cm³/mol. The fraction of sp³-hybridized carbons (Fsp3) is 0.0566. The van der Waals surface area contributed by atoms with Crippen LogP contribution in [0.25, 0.3) is 71.3 Å². The molecule has 0 saturated carbocycles. The Labute approximate surface area is 321 Å². The number of rotatable bonds is 5. The number of anilines is 3. The van der Waals surface area contributed by atoms with E-state index in [9.17, 15) is 0 Å². The van der Waals surface area contributed by atoms with Crippen molar-refractivity contribution < 1.29 is 0 Å². The monoisotopic (exact) mass is 702 g/mol. The first kappa shape index (κ1) is 31.6. The highest BCUT2D eigenvalue weighted by atomic mass is 15.1. The summed E-state index contributed by atoms with van der Waals surface area (Å²) in [6, 6.07) is 71.4. The van der Waals surface area contributed by atoms with Crippen molar-refractivity contribution in [3.05, 3.63) is 205 Å². The van der Waals surface area contributed by atoms with Crippen molar-refractivity contribution >= 4 is 60.4 Å². The van der Waals surface area contributed by atoms with Crippen molar-refractivity contribution in [1.29, 1.82) is 0 Å². The van der Waals surface area contributed by atoms with Gasteiger partial charge in [0.2, 0.25) is 0 Å². The van der Waals surface area contributed by atoms with Gasteiger partial charge in [-0.15, -0.1) is 0 Å². The summed E-state index contributed by atoms with van der Waals surface area (Å²) in [5.41, 5.74) is 14.6. The zero-order valence-corrected chi connectivity index (χ0v) is 30.9. The summed E-state index contributed by atoms with van der Waals surface area (Å²) in [6.45, 7) is 4.78. The van der Waals surface area contributed by atoms with Crippen LogP contribution >= 0.6 is 0 Å². The van der Waals surface area contributed by atoms with E-state index >= 15 is 0 Å². The third kappa shape index (κ3) is 4.81. The molecule has 0 bridgehead atoms. The predicted octanol–water partition coefficient (Wildman–Crippen LogP) is 14.5. The third-order valence-corrected chi connectivity index (χ3v) is 12.0. The van der Waals surface area contributed by atoms with Crippen molar-refractivity contribution in [2.75, 3.05) is 4.90 Å². The molecule has 1 aromatic heterocycles. The van der Waals surface area contributed by atoms with Gasteiger partial charge in [-0.1, -0.05) is 159 Å². The van der Waals surface area contributed by atoms with E-state index in [0.29, 0.717) is 0 Å². The molecule has 0 unspecified atom stereocenters. The lowest BCUT2D eigenvalue weighted by Crippen LogP contribution is -2.17. The van der Waals surface area contributed by atoms with Gasteiger partial charge in [0.05, 0.1) is 16.7 Å². The second kappa shape index (κ2) is 12.1. The molecule has 0 aliphatic heterocycles. The lowest BCUT2D eigenvalue weighted by molar-refractivity contribution is 0.660. The quantitative estimate of drug-likeness (QED) is 0.173. The lowest BCUT2D eigenvalue weighted by atomic mass is 9.82. The van der Waals surface area contributed by atoms with Gasteiger partial charge < -0.3 is 9.47 Å². The molecule has 260 valence electrons.